The van der Waals surface area contributed by atoms with Gasteiger partial charge in [-0.15, -0.1) is 0 Å². The first kappa shape index (κ1) is 51.9. The van der Waals surface area contributed by atoms with Crippen LogP contribution < -0.4 is 0 Å². The molecular formula is C47H93NO5. The molecule has 6 nitrogen and oxygen atoms in total. The number of aliphatic hydroxyl groups is 1. The van der Waals surface area contributed by atoms with Gasteiger partial charge in [0.15, 0.2) is 0 Å². The Hall–Kier alpha value is -1.14. The van der Waals surface area contributed by atoms with Crippen LogP contribution in [0.3, 0.4) is 0 Å². The number of hydrogen-bond acceptors (Lipinski definition) is 6. The van der Waals surface area contributed by atoms with Crippen molar-refractivity contribution >= 4 is 11.9 Å². The zero-order chi connectivity index (χ0) is 38.9. The van der Waals surface area contributed by atoms with Crippen molar-refractivity contribution in [2.75, 3.05) is 39.5 Å². The molecule has 0 bridgehead atoms. The topological polar surface area (TPSA) is 76.1 Å². The van der Waals surface area contributed by atoms with Crippen LogP contribution in [0.2, 0.25) is 0 Å². The molecule has 0 aliphatic heterocycles. The highest BCUT2D eigenvalue weighted by Crippen LogP contribution is 2.21. The second-order valence-corrected chi connectivity index (χ2v) is 16.3. The van der Waals surface area contributed by atoms with Crippen molar-refractivity contribution in [3.05, 3.63) is 0 Å². The van der Waals surface area contributed by atoms with Crippen molar-refractivity contribution in [3.63, 3.8) is 0 Å². The van der Waals surface area contributed by atoms with Crippen molar-refractivity contribution in [1.82, 2.24) is 4.90 Å². The molecule has 0 aliphatic rings. The predicted molar refractivity (Wildman–Crippen MR) is 227 cm³/mol. The highest BCUT2D eigenvalue weighted by molar-refractivity contribution is 5.72. The molecular weight excluding hydrogens is 659 g/mol. The van der Waals surface area contributed by atoms with Crippen LogP contribution in [-0.2, 0) is 19.1 Å². The molecule has 0 spiro atoms. The van der Waals surface area contributed by atoms with E-state index in [2.05, 4.69) is 32.6 Å². The van der Waals surface area contributed by atoms with Crippen molar-refractivity contribution in [2.45, 2.75) is 240 Å². The van der Waals surface area contributed by atoms with Crippen LogP contribution in [0.5, 0.6) is 0 Å². The Morgan fingerprint density at radius 2 is 0.698 bits per heavy atom. The van der Waals surface area contributed by atoms with Crippen molar-refractivity contribution in [2.24, 2.45) is 11.8 Å². The Bertz CT molecular complexity index is 705. The van der Waals surface area contributed by atoms with E-state index in [4.69, 9.17) is 9.47 Å². The molecule has 316 valence electrons. The summed E-state index contributed by atoms with van der Waals surface area (Å²) in [4.78, 5) is 28.0. The van der Waals surface area contributed by atoms with Gasteiger partial charge in [0.05, 0.1) is 25.0 Å². The third-order valence-electron chi connectivity index (χ3n) is 11.1. The summed E-state index contributed by atoms with van der Waals surface area (Å²) in [5, 5.41) is 9.19. The van der Waals surface area contributed by atoms with Gasteiger partial charge in [0.2, 0.25) is 0 Å². The molecule has 0 aromatic heterocycles. The fourth-order valence-electron chi connectivity index (χ4n) is 7.48. The monoisotopic (exact) mass is 752 g/mol. The van der Waals surface area contributed by atoms with E-state index >= 15 is 0 Å². The first-order valence-electron chi connectivity index (χ1n) is 23.7. The molecule has 0 radical (unpaired) electrons. The Morgan fingerprint density at radius 3 is 1.06 bits per heavy atom. The van der Waals surface area contributed by atoms with E-state index in [1.165, 1.54) is 122 Å². The van der Waals surface area contributed by atoms with Crippen LogP contribution in [0.15, 0.2) is 0 Å². The average Bonchev–Trinajstić information content (AvgIpc) is 3.16. The molecule has 0 saturated heterocycles. The molecule has 0 amide bonds. The largest absolute Gasteiger partial charge is 0.465 e. The lowest BCUT2D eigenvalue weighted by Crippen LogP contribution is -2.27. The summed E-state index contributed by atoms with van der Waals surface area (Å²) < 4.78 is 11.4. The van der Waals surface area contributed by atoms with E-state index in [0.29, 0.717) is 19.8 Å². The predicted octanol–water partition coefficient (Wildman–Crippen LogP) is 13.6. The van der Waals surface area contributed by atoms with E-state index < -0.39 is 0 Å². The van der Waals surface area contributed by atoms with Crippen molar-refractivity contribution < 1.29 is 24.2 Å². The van der Waals surface area contributed by atoms with E-state index in [1.807, 2.05) is 0 Å². The molecule has 0 saturated carbocycles. The summed E-state index contributed by atoms with van der Waals surface area (Å²) in [7, 11) is 0. The Labute approximate surface area is 331 Å². The van der Waals surface area contributed by atoms with Crippen LogP contribution in [0.1, 0.15) is 240 Å². The molecule has 0 aliphatic carbocycles. The van der Waals surface area contributed by atoms with Crippen LogP contribution in [0.25, 0.3) is 0 Å². The highest BCUT2D eigenvalue weighted by atomic mass is 16.5. The van der Waals surface area contributed by atoms with Crippen LogP contribution in [-0.4, -0.2) is 61.4 Å². The fraction of sp³-hybridized carbons (Fsp3) is 0.957. The molecule has 0 aromatic rings. The third-order valence-corrected chi connectivity index (χ3v) is 11.1. The Morgan fingerprint density at radius 1 is 0.396 bits per heavy atom. The molecule has 2 atom stereocenters. The molecule has 0 aromatic carbocycles. The van der Waals surface area contributed by atoms with Crippen LogP contribution in [0, 0.1) is 11.8 Å². The van der Waals surface area contributed by atoms with Gasteiger partial charge in [-0.2, -0.15) is 0 Å². The second-order valence-electron chi connectivity index (χ2n) is 16.3. The third kappa shape index (κ3) is 35.0. The van der Waals surface area contributed by atoms with Gasteiger partial charge >= 0.3 is 11.9 Å². The normalized spacial score (nSPS) is 12.7. The number of ether oxygens (including phenoxy) is 2. The van der Waals surface area contributed by atoms with Gasteiger partial charge in [-0.3, -0.25) is 9.59 Å². The maximum atomic E-state index is 12.7. The number of nitrogens with zero attached hydrogens (tertiary/aromatic N) is 1. The summed E-state index contributed by atoms with van der Waals surface area (Å²) in [5.41, 5.74) is 0. The quantitative estimate of drug-likeness (QED) is 0.0494. The van der Waals surface area contributed by atoms with Gasteiger partial charge in [-0.25, -0.2) is 0 Å². The minimum atomic E-state index is 0.0568. The maximum absolute atomic E-state index is 12.7. The smallest absolute Gasteiger partial charge is 0.308 e. The van der Waals surface area contributed by atoms with Gasteiger partial charge in [0.25, 0.3) is 0 Å². The van der Waals surface area contributed by atoms with E-state index in [1.54, 1.807) is 0 Å². The Balaban J connectivity index is 4.05. The van der Waals surface area contributed by atoms with Crippen molar-refractivity contribution in [3.8, 4) is 0 Å². The first-order valence-corrected chi connectivity index (χ1v) is 23.7. The number of hydrogen-bond donors (Lipinski definition) is 1. The van der Waals surface area contributed by atoms with Gasteiger partial charge < -0.3 is 19.5 Å². The van der Waals surface area contributed by atoms with E-state index in [0.717, 1.165) is 109 Å². The summed E-state index contributed by atoms with van der Waals surface area (Å²) in [6, 6.07) is 0. The zero-order valence-electron chi connectivity index (χ0n) is 36.3. The first-order chi connectivity index (χ1) is 26.0. The van der Waals surface area contributed by atoms with Crippen LogP contribution >= 0.6 is 0 Å². The molecule has 2 unspecified atom stereocenters. The number of aliphatic hydroxyl groups excluding tert-OH is 1. The molecule has 53 heavy (non-hydrogen) atoms. The van der Waals surface area contributed by atoms with Gasteiger partial charge in [-0.05, 0) is 90.3 Å². The van der Waals surface area contributed by atoms with E-state index in [9.17, 15) is 14.7 Å². The second kappa shape index (κ2) is 42.0. The van der Waals surface area contributed by atoms with Crippen LogP contribution in [0.4, 0.5) is 0 Å². The highest BCUT2D eigenvalue weighted by Gasteiger charge is 2.20. The number of esters is 2. The number of rotatable bonds is 43. The maximum Gasteiger partial charge on any atom is 0.308 e. The summed E-state index contributed by atoms with van der Waals surface area (Å²) in [6.07, 6.45) is 38.6. The minimum Gasteiger partial charge on any atom is -0.465 e. The number of carbonyl (C=O) groups excluding carboxylic acids is 2. The number of carbonyl (C=O) groups is 2. The summed E-state index contributed by atoms with van der Waals surface area (Å²) in [5.74, 6) is 0.335. The van der Waals surface area contributed by atoms with Gasteiger partial charge in [-0.1, -0.05) is 169 Å². The molecule has 6 heteroatoms. The van der Waals surface area contributed by atoms with E-state index in [-0.39, 0.29) is 23.8 Å². The molecule has 0 fully saturated rings. The van der Waals surface area contributed by atoms with Gasteiger partial charge in [0, 0.05) is 6.61 Å². The summed E-state index contributed by atoms with van der Waals surface area (Å²) in [6.45, 7) is 13.9. The minimum absolute atomic E-state index is 0.0568. The lowest BCUT2D eigenvalue weighted by Gasteiger charge is -2.22. The molecule has 1 N–H and O–H groups in total. The Kier molecular flexibility index (Phi) is 41.1. The van der Waals surface area contributed by atoms with Crippen molar-refractivity contribution in [1.29, 1.82) is 0 Å². The average molecular weight is 752 g/mol. The zero-order valence-corrected chi connectivity index (χ0v) is 36.3. The lowest BCUT2D eigenvalue weighted by atomic mass is 9.95. The number of unbranched alkanes of at least 4 members (excludes halogenated alkanes) is 22. The van der Waals surface area contributed by atoms with Gasteiger partial charge in [0.1, 0.15) is 0 Å². The lowest BCUT2D eigenvalue weighted by molar-refractivity contribution is -0.150. The fourth-order valence-corrected chi connectivity index (χ4v) is 7.48. The standard InChI is InChI=1S/C47H93NO5/c1-5-9-13-26-36-44(34-11-7-3)46(50)52-42-32-23-19-15-17-21-28-38-48(40-30-25-31-41-49)39-29-22-18-16-20-24-33-43-53-47(51)45(35-12-8-4)37-27-14-10-6-2/h44-45,49H,5-43H2,1-4H3. The molecule has 0 rings (SSSR count). The summed E-state index contributed by atoms with van der Waals surface area (Å²) >= 11 is 0. The SMILES string of the molecule is CCCCCCC(CCCC)C(=O)OCCCCCCCCCN(CCCCCO)CCCCCCCCCOC(=O)C(CCCC)CCCCCC. The molecule has 0 heterocycles.